The van der Waals surface area contributed by atoms with Gasteiger partial charge in [-0.15, -0.1) is 0 Å². The van der Waals surface area contributed by atoms with Crippen molar-refractivity contribution in [3.63, 3.8) is 0 Å². The molecule has 0 saturated heterocycles. The Kier molecular flexibility index (Phi) is 3.24. The molecule has 0 heterocycles. The Morgan fingerprint density at radius 3 is 2.75 bits per heavy atom. The quantitative estimate of drug-likeness (QED) is 0.713. The molecular weight excluding hydrogens is 221 g/mol. The van der Waals surface area contributed by atoms with E-state index in [9.17, 15) is 4.39 Å². The molecule has 0 radical (unpaired) electrons. The zero-order valence-electron chi connectivity index (χ0n) is 6.35. The molecule has 0 amide bonds. The molecule has 1 aromatic rings. The summed E-state index contributed by atoms with van der Waals surface area (Å²) in [7, 11) is 0. The van der Waals surface area contributed by atoms with Crippen LogP contribution < -0.4 is 0 Å². The first-order valence-electron chi connectivity index (χ1n) is 3.52. The lowest BCUT2D eigenvalue weighted by Crippen LogP contribution is -1.89. The van der Waals surface area contributed by atoms with Crippen LogP contribution in [-0.2, 0) is 6.42 Å². The Labute approximate surface area is 79.0 Å². The number of nitrogens with zero attached hydrogens (tertiary/aromatic N) is 1. The minimum Gasteiger partial charge on any atom is -0.207 e. The van der Waals surface area contributed by atoms with E-state index in [1.165, 1.54) is 12.1 Å². The van der Waals surface area contributed by atoms with Crippen molar-refractivity contribution in [1.82, 2.24) is 0 Å². The maximum atomic E-state index is 12.8. The third-order valence-corrected chi connectivity index (χ3v) is 1.87. The Morgan fingerprint density at radius 1 is 1.42 bits per heavy atom. The zero-order chi connectivity index (χ0) is 8.97. The average Bonchev–Trinajstić information content (AvgIpc) is 2.04. The molecule has 0 atom stereocenters. The Balaban J connectivity index is 3.00. The Hall–Kier alpha value is -0.880. The summed E-state index contributed by atoms with van der Waals surface area (Å²) >= 11 is 3.25. The number of rotatable bonds is 2. The molecule has 0 aliphatic rings. The first-order valence-corrected chi connectivity index (χ1v) is 4.64. The van der Waals surface area contributed by atoms with E-state index in [4.69, 9.17) is 5.26 Å². The average molecular weight is 228 g/mol. The number of hydrogen-bond acceptors (Lipinski definition) is 1. The van der Waals surface area contributed by atoms with Crippen molar-refractivity contribution in [3.8, 4) is 6.07 Å². The molecular formula is C9H7BrFN. The van der Waals surface area contributed by atoms with E-state index in [2.05, 4.69) is 15.9 Å². The van der Waals surface area contributed by atoms with Crippen LogP contribution in [0.2, 0.25) is 0 Å². The number of halogens is 2. The van der Waals surface area contributed by atoms with Crippen molar-refractivity contribution < 1.29 is 4.39 Å². The molecule has 1 nitrogen and oxygen atoms in total. The molecule has 0 aliphatic heterocycles. The maximum absolute atomic E-state index is 12.8. The molecule has 1 aromatic carbocycles. The SMILES string of the molecule is N#Cc1cc(F)cc(CCBr)c1. The predicted molar refractivity (Wildman–Crippen MR) is 48.6 cm³/mol. The van der Waals surface area contributed by atoms with E-state index in [1.807, 2.05) is 6.07 Å². The summed E-state index contributed by atoms with van der Waals surface area (Å²) in [5.74, 6) is -0.343. The van der Waals surface area contributed by atoms with E-state index in [0.717, 1.165) is 17.3 Å². The fraction of sp³-hybridized carbons (Fsp3) is 0.222. The topological polar surface area (TPSA) is 23.8 Å². The molecule has 62 valence electrons. The monoisotopic (exact) mass is 227 g/mol. The van der Waals surface area contributed by atoms with Crippen LogP contribution in [0.15, 0.2) is 18.2 Å². The van der Waals surface area contributed by atoms with Gasteiger partial charge >= 0.3 is 0 Å². The lowest BCUT2D eigenvalue weighted by atomic mass is 10.1. The van der Waals surface area contributed by atoms with Gasteiger partial charge in [0.1, 0.15) is 5.82 Å². The van der Waals surface area contributed by atoms with E-state index < -0.39 is 0 Å². The summed E-state index contributed by atoms with van der Waals surface area (Å²) in [5.41, 5.74) is 1.23. The first-order chi connectivity index (χ1) is 5.76. The van der Waals surface area contributed by atoms with Crippen LogP contribution in [0.1, 0.15) is 11.1 Å². The number of alkyl halides is 1. The minimum absolute atomic E-state index is 0.343. The Morgan fingerprint density at radius 2 is 2.17 bits per heavy atom. The van der Waals surface area contributed by atoms with Crippen LogP contribution in [0.3, 0.4) is 0 Å². The molecule has 0 aliphatic carbocycles. The fourth-order valence-electron chi connectivity index (χ4n) is 0.968. The molecule has 0 unspecified atom stereocenters. The molecule has 0 fully saturated rings. The largest absolute Gasteiger partial charge is 0.207 e. The number of aryl methyl sites for hydroxylation is 1. The third kappa shape index (κ3) is 2.31. The summed E-state index contributed by atoms with van der Waals surface area (Å²) in [6.45, 7) is 0. The van der Waals surface area contributed by atoms with Gasteiger partial charge < -0.3 is 0 Å². The molecule has 0 bridgehead atoms. The molecule has 0 saturated carbocycles. The molecule has 3 heteroatoms. The van der Waals surface area contributed by atoms with Crippen LogP contribution in [0, 0.1) is 17.1 Å². The van der Waals surface area contributed by atoms with Gasteiger partial charge in [0, 0.05) is 5.33 Å². The van der Waals surface area contributed by atoms with Crippen LogP contribution in [0.25, 0.3) is 0 Å². The van der Waals surface area contributed by atoms with Crippen molar-refractivity contribution in [2.45, 2.75) is 6.42 Å². The van der Waals surface area contributed by atoms with Crippen LogP contribution >= 0.6 is 15.9 Å². The predicted octanol–water partition coefficient (Wildman–Crippen LogP) is 2.63. The summed E-state index contributed by atoms with van der Waals surface area (Å²) in [4.78, 5) is 0. The van der Waals surface area contributed by atoms with Crippen molar-refractivity contribution >= 4 is 15.9 Å². The highest BCUT2D eigenvalue weighted by molar-refractivity contribution is 9.09. The van der Waals surface area contributed by atoms with Crippen LogP contribution in [-0.4, -0.2) is 5.33 Å². The highest BCUT2D eigenvalue weighted by Gasteiger charge is 1.98. The second-order valence-corrected chi connectivity index (χ2v) is 3.19. The van der Waals surface area contributed by atoms with Gasteiger partial charge in [-0.05, 0) is 30.2 Å². The summed E-state index contributed by atoms with van der Waals surface area (Å²) in [6, 6.07) is 6.29. The smallest absolute Gasteiger partial charge is 0.124 e. The van der Waals surface area contributed by atoms with Gasteiger partial charge in [0.05, 0.1) is 11.6 Å². The van der Waals surface area contributed by atoms with Gasteiger partial charge in [-0.1, -0.05) is 15.9 Å². The van der Waals surface area contributed by atoms with Gasteiger partial charge in [0.25, 0.3) is 0 Å². The lowest BCUT2D eigenvalue weighted by molar-refractivity contribution is 0.625. The van der Waals surface area contributed by atoms with E-state index in [0.29, 0.717) is 5.56 Å². The lowest BCUT2D eigenvalue weighted by Gasteiger charge is -1.98. The normalized spacial score (nSPS) is 9.42. The van der Waals surface area contributed by atoms with E-state index >= 15 is 0 Å². The van der Waals surface area contributed by atoms with Crippen LogP contribution in [0.5, 0.6) is 0 Å². The van der Waals surface area contributed by atoms with E-state index in [-0.39, 0.29) is 5.82 Å². The third-order valence-electron chi connectivity index (χ3n) is 1.47. The number of benzene rings is 1. The summed E-state index contributed by atoms with van der Waals surface area (Å²) < 4.78 is 12.8. The van der Waals surface area contributed by atoms with Crippen molar-refractivity contribution in [2.75, 3.05) is 5.33 Å². The molecule has 12 heavy (non-hydrogen) atoms. The van der Waals surface area contributed by atoms with Crippen molar-refractivity contribution in [1.29, 1.82) is 5.26 Å². The van der Waals surface area contributed by atoms with Gasteiger partial charge in [-0.25, -0.2) is 4.39 Å². The standard InChI is InChI=1S/C9H7BrFN/c10-2-1-7-3-8(6-12)5-9(11)4-7/h3-5H,1-2H2. The summed E-state index contributed by atoms with van der Waals surface area (Å²) in [6.07, 6.45) is 0.742. The second kappa shape index (κ2) is 4.22. The molecule has 0 N–H and O–H groups in total. The van der Waals surface area contributed by atoms with E-state index in [1.54, 1.807) is 6.07 Å². The Bertz CT molecular complexity index is 317. The second-order valence-electron chi connectivity index (χ2n) is 2.40. The number of hydrogen-bond donors (Lipinski definition) is 0. The van der Waals surface area contributed by atoms with Crippen molar-refractivity contribution in [2.24, 2.45) is 0 Å². The van der Waals surface area contributed by atoms with Gasteiger partial charge in [-0.2, -0.15) is 5.26 Å². The van der Waals surface area contributed by atoms with Crippen molar-refractivity contribution in [3.05, 3.63) is 35.1 Å². The van der Waals surface area contributed by atoms with Gasteiger partial charge in [0.15, 0.2) is 0 Å². The first kappa shape index (κ1) is 9.21. The van der Waals surface area contributed by atoms with Crippen LogP contribution in [0.4, 0.5) is 4.39 Å². The molecule has 1 rings (SSSR count). The highest BCUT2D eigenvalue weighted by Crippen LogP contribution is 2.09. The van der Waals surface area contributed by atoms with Gasteiger partial charge in [-0.3, -0.25) is 0 Å². The molecule has 0 aromatic heterocycles. The highest BCUT2D eigenvalue weighted by atomic mass is 79.9. The molecule has 0 spiro atoms. The summed E-state index contributed by atoms with van der Waals surface area (Å²) in [5, 5.41) is 9.31. The van der Waals surface area contributed by atoms with Gasteiger partial charge in [0.2, 0.25) is 0 Å². The number of nitriles is 1. The zero-order valence-corrected chi connectivity index (χ0v) is 7.94. The minimum atomic E-state index is -0.343. The maximum Gasteiger partial charge on any atom is 0.124 e. The fourth-order valence-corrected chi connectivity index (χ4v) is 1.43.